The van der Waals surface area contributed by atoms with E-state index in [-0.39, 0.29) is 6.10 Å². The second-order valence-electron chi connectivity index (χ2n) is 3.15. The lowest BCUT2D eigenvalue weighted by atomic mass is 10.00. The van der Waals surface area contributed by atoms with Crippen molar-refractivity contribution in [3.8, 4) is 0 Å². The van der Waals surface area contributed by atoms with Crippen molar-refractivity contribution in [1.29, 1.82) is 0 Å². The highest BCUT2D eigenvalue weighted by Gasteiger charge is 2.03. The number of hydrogen-bond donors (Lipinski definition) is 1. The standard InChI is InChI=1S/C9H20O/c1-4-8(3)6-7-9(10)5-2/h8-10H,4-7H2,1-3H3/t8-,9+/m1/s1. The van der Waals surface area contributed by atoms with Gasteiger partial charge in [0.15, 0.2) is 0 Å². The van der Waals surface area contributed by atoms with Gasteiger partial charge in [0.25, 0.3) is 0 Å². The van der Waals surface area contributed by atoms with Gasteiger partial charge in [0.2, 0.25) is 0 Å². The largest absolute Gasteiger partial charge is 0.393 e. The van der Waals surface area contributed by atoms with Crippen molar-refractivity contribution in [2.75, 3.05) is 0 Å². The Morgan fingerprint density at radius 3 is 2.10 bits per heavy atom. The van der Waals surface area contributed by atoms with Crippen LogP contribution in [0.2, 0.25) is 0 Å². The molecule has 0 amide bonds. The van der Waals surface area contributed by atoms with Gasteiger partial charge >= 0.3 is 0 Å². The molecule has 1 heteroatoms. The van der Waals surface area contributed by atoms with E-state index in [9.17, 15) is 5.11 Å². The molecule has 2 atom stereocenters. The van der Waals surface area contributed by atoms with Crippen LogP contribution in [-0.4, -0.2) is 11.2 Å². The van der Waals surface area contributed by atoms with Crippen molar-refractivity contribution in [3.05, 3.63) is 0 Å². The number of aliphatic hydroxyl groups is 1. The minimum absolute atomic E-state index is 0.0611. The molecule has 0 aliphatic heterocycles. The van der Waals surface area contributed by atoms with Gasteiger partial charge in [-0.25, -0.2) is 0 Å². The zero-order valence-corrected chi connectivity index (χ0v) is 7.43. The van der Waals surface area contributed by atoms with Crippen LogP contribution in [-0.2, 0) is 0 Å². The number of aliphatic hydroxyl groups excluding tert-OH is 1. The zero-order valence-electron chi connectivity index (χ0n) is 7.43. The van der Waals surface area contributed by atoms with Crippen molar-refractivity contribution in [1.82, 2.24) is 0 Å². The molecule has 10 heavy (non-hydrogen) atoms. The van der Waals surface area contributed by atoms with Crippen molar-refractivity contribution in [3.63, 3.8) is 0 Å². The highest BCUT2D eigenvalue weighted by molar-refractivity contribution is 4.56. The molecule has 1 N–H and O–H groups in total. The van der Waals surface area contributed by atoms with Gasteiger partial charge in [-0.2, -0.15) is 0 Å². The molecule has 0 radical (unpaired) electrons. The summed E-state index contributed by atoms with van der Waals surface area (Å²) in [6.45, 7) is 6.46. The second-order valence-corrected chi connectivity index (χ2v) is 3.15. The van der Waals surface area contributed by atoms with E-state index < -0.39 is 0 Å². The van der Waals surface area contributed by atoms with E-state index in [2.05, 4.69) is 13.8 Å². The van der Waals surface area contributed by atoms with Gasteiger partial charge in [0.1, 0.15) is 0 Å². The normalized spacial score (nSPS) is 16.8. The third kappa shape index (κ3) is 4.80. The Kier molecular flexibility index (Phi) is 5.70. The molecule has 0 aliphatic carbocycles. The quantitative estimate of drug-likeness (QED) is 0.628. The van der Waals surface area contributed by atoms with E-state index in [1.165, 1.54) is 12.8 Å². The van der Waals surface area contributed by atoms with Crippen LogP contribution in [0.1, 0.15) is 46.5 Å². The van der Waals surface area contributed by atoms with E-state index in [0.29, 0.717) is 0 Å². The molecule has 1 nitrogen and oxygen atoms in total. The summed E-state index contributed by atoms with van der Waals surface area (Å²) in [6, 6.07) is 0. The average Bonchev–Trinajstić information content (AvgIpc) is 1.99. The smallest absolute Gasteiger partial charge is 0.0537 e. The van der Waals surface area contributed by atoms with Gasteiger partial charge in [-0.15, -0.1) is 0 Å². The fourth-order valence-electron chi connectivity index (χ4n) is 0.885. The van der Waals surface area contributed by atoms with Crippen LogP contribution in [0.15, 0.2) is 0 Å². The SMILES string of the molecule is CC[C@@H](C)CC[C@@H](O)CC. The minimum Gasteiger partial charge on any atom is -0.393 e. The summed E-state index contributed by atoms with van der Waals surface area (Å²) in [5.41, 5.74) is 0. The first-order chi connectivity index (χ1) is 4.70. The van der Waals surface area contributed by atoms with Crippen LogP contribution >= 0.6 is 0 Å². The molecule has 0 saturated carbocycles. The molecule has 62 valence electrons. The summed E-state index contributed by atoms with van der Waals surface area (Å²) < 4.78 is 0. The number of rotatable bonds is 5. The highest BCUT2D eigenvalue weighted by Crippen LogP contribution is 2.12. The first-order valence-electron chi connectivity index (χ1n) is 4.38. The van der Waals surface area contributed by atoms with Gasteiger partial charge < -0.3 is 5.11 Å². The Balaban J connectivity index is 3.17. The lowest BCUT2D eigenvalue weighted by Gasteiger charge is -2.10. The fourth-order valence-corrected chi connectivity index (χ4v) is 0.885. The predicted octanol–water partition coefficient (Wildman–Crippen LogP) is 2.58. The van der Waals surface area contributed by atoms with Gasteiger partial charge in [-0.05, 0) is 25.2 Å². The van der Waals surface area contributed by atoms with Gasteiger partial charge in [-0.1, -0.05) is 27.2 Å². The van der Waals surface area contributed by atoms with Crippen LogP contribution < -0.4 is 0 Å². The molecule has 0 heterocycles. The van der Waals surface area contributed by atoms with Crippen LogP contribution in [0.4, 0.5) is 0 Å². The average molecular weight is 144 g/mol. The first-order valence-corrected chi connectivity index (χ1v) is 4.38. The Labute approximate surface area is 64.5 Å². The maximum Gasteiger partial charge on any atom is 0.0537 e. The molecule has 0 fully saturated rings. The summed E-state index contributed by atoms with van der Waals surface area (Å²) in [5, 5.41) is 9.20. The summed E-state index contributed by atoms with van der Waals surface area (Å²) in [6.07, 6.45) is 4.22. The monoisotopic (exact) mass is 144 g/mol. The molecule has 0 spiro atoms. The molecule has 0 unspecified atom stereocenters. The van der Waals surface area contributed by atoms with E-state index in [4.69, 9.17) is 0 Å². The Morgan fingerprint density at radius 1 is 1.10 bits per heavy atom. The van der Waals surface area contributed by atoms with Crippen molar-refractivity contribution < 1.29 is 5.11 Å². The Bertz CT molecular complexity index is 61.1. The van der Waals surface area contributed by atoms with Crippen LogP contribution in [0, 0.1) is 5.92 Å². The summed E-state index contributed by atoms with van der Waals surface area (Å²) in [5.74, 6) is 0.779. The molecule has 0 aromatic rings. The Hall–Kier alpha value is -0.0400. The van der Waals surface area contributed by atoms with Gasteiger partial charge in [0.05, 0.1) is 6.10 Å². The maximum absolute atomic E-state index is 9.20. The van der Waals surface area contributed by atoms with Crippen molar-refractivity contribution in [2.24, 2.45) is 5.92 Å². The molecule has 0 saturated heterocycles. The third-order valence-electron chi connectivity index (χ3n) is 2.16. The second kappa shape index (κ2) is 5.72. The lowest BCUT2D eigenvalue weighted by Crippen LogP contribution is -2.06. The molecular weight excluding hydrogens is 124 g/mol. The van der Waals surface area contributed by atoms with Crippen LogP contribution in [0.3, 0.4) is 0 Å². The van der Waals surface area contributed by atoms with Crippen molar-refractivity contribution in [2.45, 2.75) is 52.6 Å². The van der Waals surface area contributed by atoms with E-state index in [1.807, 2.05) is 6.92 Å². The summed E-state index contributed by atoms with van der Waals surface area (Å²) >= 11 is 0. The van der Waals surface area contributed by atoms with E-state index >= 15 is 0 Å². The highest BCUT2D eigenvalue weighted by atomic mass is 16.3. The van der Waals surface area contributed by atoms with Gasteiger partial charge in [0, 0.05) is 0 Å². The number of hydrogen-bond acceptors (Lipinski definition) is 1. The molecule has 0 aromatic heterocycles. The topological polar surface area (TPSA) is 20.2 Å². The molecule has 0 aliphatic rings. The molecule has 0 rings (SSSR count). The van der Waals surface area contributed by atoms with E-state index in [0.717, 1.165) is 18.8 Å². The Morgan fingerprint density at radius 2 is 1.70 bits per heavy atom. The van der Waals surface area contributed by atoms with Crippen LogP contribution in [0.25, 0.3) is 0 Å². The first kappa shape index (κ1) is 9.96. The van der Waals surface area contributed by atoms with Crippen LogP contribution in [0.5, 0.6) is 0 Å². The summed E-state index contributed by atoms with van der Waals surface area (Å²) in [7, 11) is 0. The van der Waals surface area contributed by atoms with Crippen molar-refractivity contribution >= 4 is 0 Å². The van der Waals surface area contributed by atoms with E-state index in [1.54, 1.807) is 0 Å². The summed E-state index contributed by atoms with van der Waals surface area (Å²) in [4.78, 5) is 0. The maximum atomic E-state index is 9.20. The lowest BCUT2D eigenvalue weighted by molar-refractivity contribution is 0.151. The predicted molar refractivity (Wildman–Crippen MR) is 45.0 cm³/mol. The van der Waals surface area contributed by atoms with Gasteiger partial charge in [-0.3, -0.25) is 0 Å². The zero-order chi connectivity index (χ0) is 7.98. The molecule has 0 aromatic carbocycles. The fraction of sp³-hybridized carbons (Fsp3) is 1.00. The molecule has 0 bridgehead atoms. The minimum atomic E-state index is -0.0611. The third-order valence-corrected chi connectivity index (χ3v) is 2.16. The molecular formula is C9H20O.